The largest absolute Gasteiger partial charge is 0.481 e. The molecule has 2 atom stereocenters. The van der Waals surface area contributed by atoms with Crippen molar-refractivity contribution in [2.45, 2.75) is 31.8 Å². The van der Waals surface area contributed by atoms with E-state index >= 15 is 0 Å². The Balaban J connectivity index is 2.16. The summed E-state index contributed by atoms with van der Waals surface area (Å²) in [7, 11) is 1.61. The summed E-state index contributed by atoms with van der Waals surface area (Å²) >= 11 is 0. The van der Waals surface area contributed by atoms with Gasteiger partial charge in [0.25, 0.3) is 0 Å². The Bertz CT molecular complexity index is 358. The van der Waals surface area contributed by atoms with Gasteiger partial charge < -0.3 is 15.4 Å². The molecule has 2 unspecified atom stereocenters. The highest BCUT2D eigenvalue weighted by atomic mass is 16.5. The van der Waals surface area contributed by atoms with Gasteiger partial charge in [-0.25, -0.2) is 4.98 Å². The Labute approximate surface area is 95.6 Å². The van der Waals surface area contributed by atoms with Gasteiger partial charge in [0, 0.05) is 30.9 Å². The predicted molar refractivity (Wildman–Crippen MR) is 62.6 cm³/mol. The number of hydrogen-bond donors (Lipinski definition) is 1. The van der Waals surface area contributed by atoms with Crippen molar-refractivity contribution in [3.05, 3.63) is 12.3 Å². The number of methoxy groups -OCH3 is 1. The summed E-state index contributed by atoms with van der Waals surface area (Å²) in [5.74, 6) is 1.34. The molecule has 1 fully saturated rings. The monoisotopic (exact) mass is 222 g/mol. The molecule has 16 heavy (non-hydrogen) atoms. The molecular formula is C11H18N4O. The summed E-state index contributed by atoms with van der Waals surface area (Å²) in [6, 6.07) is 2.44. The molecule has 2 heterocycles. The first-order valence-corrected chi connectivity index (χ1v) is 5.60. The van der Waals surface area contributed by atoms with Gasteiger partial charge in [0.2, 0.25) is 11.8 Å². The lowest BCUT2D eigenvalue weighted by Gasteiger charge is -2.36. The van der Waals surface area contributed by atoms with E-state index in [1.165, 1.54) is 0 Å². The van der Waals surface area contributed by atoms with E-state index in [1.807, 2.05) is 0 Å². The van der Waals surface area contributed by atoms with Crippen molar-refractivity contribution in [2.24, 2.45) is 5.73 Å². The van der Waals surface area contributed by atoms with Gasteiger partial charge in [-0.2, -0.15) is 4.98 Å². The molecule has 1 aliphatic rings. The molecule has 88 valence electrons. The highest BCUT2D eigenvalue weighted by molar-refractivity contribution is 5.34. The van der Waals surface area contributed by atoms with Crippen LogP contribution in [0.4, 0.5) is 5.95 Å². The second-order valence-electron chi connectivity index (χ2n) is 4.23. The van der Waals surface area contributed by atoms with Crippen molar-refractivity contribution in [2.75, 3.05) is 18.6 Å². The van der Waals surface area contributed by atoms with Crippen molar-refractivity contribution in [1.29, 1.82) is 0 Å². The number of rotatable bonds is 2. The van der Waals surface area contributed by atoms with Crippen LogP contribution in [0.5, 0.6) is 5.88 Å². The van der Waals surface area contributed by atoms with Crippen LogP contribution in [0.3, 0.4) is 0 Å². The quantitative estimate of drug-likeness (QED) is 0.802. The number of anilines is 1. The second kappa shape index (κ2) is 4.65. The van der Waals surface area contributed by atoms with E-state index in [0.29, 0.717) is 18.0 Å². The maximum absolute atomic E-state index is 5.93. The molecular weight excluding hydrogens is 204 g/mol. The minimum absolute atomic E-state index is 0.303. The van der Waals surface area contributed by atoms with Crippen LogP contribution >= 0.6 is 0 Å². The second-order valence-corrected chi connectivity index (χ2v) is 4.23. The normalized spacial score (nSPS) is 25.6. The Morgan fingerprint density at radius 1 is 1.56 bits per heavy atom. The average Bonchev–Trinajstić information content (AvgIpc) is 2.29. The maximum Gasteiger partial charge on any atom is 0.228 e. The molecule has 2 rings (SSSR count). The lowest BCUT2D eigenvalue weighted by Crippen LogP contribution is -2.46. The molecule has 1 aliphatic heterocycles. The molecule has 0 spiro atoms. The zero-order valence-corrected chi connectivity index (χ0v) is 9.76. The zero-order chi connectivity index (χ0) is 11.5. The fraction of sp³-hybridized carbons (Fsp3) is 0.636. The molecule has 0 aromatic carbocycles. The summed E-state index contributed by atoms with van der Waals surface area (Å²) in [4.78, 5) is 10.8. The summed E-state index contributed by atoms with van der Waals surface area (Å²) in [5.41, 5.74) is 5.93. The standard InChI is InChI=1S/C11H18N4O/c1-8-7-9(12)4-6-15(8)11-13-5-3-10(14-11)16-2/h3,5,8-9H,4,6-7,12H2,1-2H3. The Morgan fingerprint density at radius 3 is 3.06 bits per heavy atom. The van der Waals surface area contributed by atoms with Crippen molar-refractivity contribution in [1.82, 2.24) is 9.97 Å². The van der Waals surface area contributed by atoms with Crippen molar-refractivity contribution in [3.8, 4) is 5.88 Å². The van der Waals surface area contributed by atoms with Crippen LogP contribution in [0, 0.1) is 0 Å². The third kappa shape index (κ3) is 2.24. The van der Waals surface area contributed by atoms with E-state index in [0.717, 1.165) is 25.3 Å². The van der Waals surface area contributed by atoms with E-state index in [4.69, 9.17) is 10.5 Å². The molecule has 0 aliphatic carbocycles. The Kier molecular flexibility index (Phi) is 3.24. The highest BCUT2D eigenvalue weighted by Gasteiger charge is 2.25. The zero-order valence-electron chi connectivity index (χ0n) is 9.76. The van der Waals surface area contributed by atoms with Gasteiger partial charge in [-0.15, -0.1) is 0 Å². The van der Waals surface area contributed by atoms with Crippen molar-refractivity contribution >= 4 is 5.95 Å². The first-order valence-electron chi connectivity index (χ1n) is 5.60. The fourth-order valence-electron chi connectivity index (χ4n) is 2.09. The molecule has 0 bridgehead atoms. The average molecular weight is 222 g/mol. The molecule has 0 amide bonds. The van der Waals surface area contributed by atoms with Gasteiger partial charge in [0.05, 0.1) is 7.11 Å². The van der Waals surface area contributed by atoms with Gasteiger partial charge in [-0.05, 0) is 19.8 Å². The third-order valence-corrected chi connectivity index (χ3v) is 3.00. The summed E-state index contributed by atoms with van der Waals surface area (Å²) in [6.07, 6.45) is 3.70. The van der Waals surface area contributed by atoms with Gasteiger partial charge in [-0.3, -0.25) is 0 Å². The summed E-state index contributed by atoms with van der Waals surface area (Å²) in [6.45, 7) is 3.07. The van der Waals surface area contributed by atoms with Crippen LogP contribution in [0.15, 0.2) is 12.3 Å². The molecule has 0 saturated carbocycles. The molecule has 1 aromatic rings. The van der Waals surface area contributed by atoms with Gasteiger partial charge >= 0.3 is 0 Å². The van der Waals surface area contributed by atoms with Crippen LogP contribution < -0.4 is 15.4 Å². The van der Waals surface area contributed by atoms with E-state index in [-0.39, 0.29) is 0 Å². The molecule has 1 saturated heterocycles. The number of ether oxygens (including phenoxy) is 1. The molecule has 0 radical (unpaired) electrons. The Morgan fingerprint density at radius 2 is 2.38 bits per heavy atom. The predicted octanol–water partition coefficient (Wildman–Crippen LogP) is 0.801. The third-order valence-electron chi connectivity index (χ3n) is 3.00. The molecule has 5 nitrogen and oxygen atoms in total. The SMILES string of the molecule is COc1ccnc(N2CCC(N)CC2C)n1. The maximum atomic E-state index is 5.93. The number of hydrogen-bond acceptors (Lipinski definition) is 5. The topological polar surface area (TPSA) is 64.3 Å². The highest BCUT2D eigenvalue weighted by Crippen LogP contribution is 2.21. The number of nitrogens with two attached hydrogens (primary N) is 1. The molecule has 2 N–H and O–H groups in total. The lowest BCUT2D eigenvalue weighted by atomic mass is 10.00. The molecule has 1 aromatic heterocycles. The van der Waals surface area contributed by atoms with Crippen LogP contribution in [-0.4, -0.2) is 35.7 Å². The number of piperidine rings is 1. The van der Waals surface area contributed by atoms with Crippen molar-refractivity contribution in [3.63, 3.8) is 0 Å². The summed E-state index contributed by atoms with van der Waals surface area (Å²) < 4.78 is 5.10. The van der Waals surface area contributed by atoms with Crippen LogP contribution in [-0.2, 0) is 0 Å². The lowest BCUT2D eigenvalue weighted by molar-refractivity contribution is 0.391. The van der Waals surface area contributed by atoms with E-state index in [9.17, 15) is 0 Å². The van der Waals surface area contributed by atoms with E-state index in [1.54, 1.807) is 19.4 Å². The van der Waals surface area contributed by atoms with Crippen LogP contribution in [0.2, 0.25) is 0 Å². The Hall–Kier alpha value is -1.36. The van der Waals surface area contributed by atoms with Gasteiger partial charge in [-0.1, -0.05) is 0 Å². The van der Waals surface area contributed by atoms with Crippen LogP contribution in [0.25, 0.3) is 0 Å². The van der Waals surface area contributed by atoms with E-state index < -0.39 is 0 Å². The number of aromatic nitrogens is 2. The van der Waals surface area contributed by atoms with Gasteiger partial charge in [0.1, 0.15) is 0 Å². The van der Waals surface area contributed by atoms with Crippen molar-refractivity contribution < 1.29 is 4.74 Å². The van der Waals surface area contributed by atoms with E-state index in [2.05, 4.69) is 21.8 Å². The molecule has 5 heteroatoms. The first-order chi connectivity index (χ1) is 7.70. The first kappa shape index (κ1) is 11.1. The smallest absolute Gasteiger partial charge is 0.228 e. The number of nitrogens with zero attached hydrogens (tertiary/aromatic N) is 3. The fourth-order valence-corrected chi connectivity index (χ4v) is 2.09. The minimum atomic E-state index is 0.303. The minimum Gasteiger partial charge on any atom is -0.481 e. The van der Waals surface area contributed by atoms with Crippen LogP contribution in [0.1, 0.15) is 19.8 Å². The summed E-state index contributed by atoms with van der Waals surface area (Å²) in [5, 5.41) is 0. The van der Waals surface area contributed by atoms with Gasteiger partial charge in [0.15, 0.2) is 0 Å².